The van der Waals surface area contributed by atoms with Crippen LogP contribution in [0.5, 0.6) is 0 Å². The quantitative estimate of drug-likeness (QED) is 0.275. The molecule has 0 atom stereocenters. The molecule has 3 rings (SSSR count). The van der Waals surface area contributed by atoms with Crippen LogP contribution in [0.25, 0.3) is 10.9 Å². The van der Waals surface area contributed by atoms with Crippen molar-refractivity contribution in [2.24, 2.45) is 0 Å². The molecule has 1 N–H and O–H groups in total. The monoisotopic (exact) mass is 452 g/mol. The van der Waals surface area contributed by atoms with E-state index in [0.29, 0.717) is 16.1 Å². The Morgan fingerprint density at radius 2 is 1.53 bits per heavy atom. The molecule has 0 saturated heterocycles. The average Bonchev–Trinajstić information content (AvgIpc) is 2.78. The summed E-state index contributed by atoms with van der Waals surface area (Å²) in [7, 11) is -3.70. The fourth-order valence-electron chi connectivity index (χ4n) is 4.22. The van der Waals surface area contributed by atoms with Crippen molar-refractivity contribution in [3.05, 3.63) is 65.9 Å². The third kappa shape index (κ3) is 6.80. The smallest absolute Gasteiger partial charge is 0.262 e. The van der Waals surface area contributed by atoms with Gasteiger partial charge in [0, 0.05) is 11.6 Å². The maximum Gasteiger partial charge on any atom is 0.262 e. The van der Waals surface area contributed by atoms with Gasteiger partial charge < -0.3 is 0 Å². The second-order valence-electron chi connectivity index (χ2n) is 8.68. The standard InChI is InChI=1S/C27H36N2O2S/c1-3-4-5-6-7-8-9-10-11-15-23-16-12-13-18-26(23)32(30,31)29-25-21-22(2)20-24-17-14-19-28-27(24)25/h12-14,16-21,29H,3-11,15H2,1-2H3. The zero-order valence-corrected chi connectivity index (χ0v) is 20.3. The minimum Gasteiger partial charge on any atom is -0.277 e. The maximum absolute atomic E-state index is 13.3. The summed E-state index contributed by atoms with van der Waals surface area (Å²) < 4.78 is 29.4. The predicted molar refractivity (Wildman–Crippen MR) is 135 cm³/mol. The highest BCUT2D eigenvalue weighted by Gasteiger charge is 2.19. The average molecular weight is 453 g/mol. The van der Waals surface area contributed by atoms with Gasteiger partial charge in [0.1, 0.15) is 0 Å². The molecular weight excluding hydrogens is 416 g/mol. The number of hydrogen-bond acceptors (Lipinski definition) is 3. The maximum atomic E-state index is 13.3. The van der Waals surface area contributed by atoms with Crippen LogP contribution < -0.4 is 4.72 Å². The molecule has 0 saturated carbocycles. The Morgan fingerprint density at radius 3 is 2.28 bits per heavy atom. The van der Waals surface area contributed by atoms with E-state index in [0.717, 1.165) is 35.8 Å². The third-order valence-corrected chi connectivity index (χ3v) is 7.37. The lowest BCUT2D eigenvalue weighted by Crippen LogP contribution is -2.15. The van der Waals surface area contributed by atoms with Crippen molar-refractivity contribution in [2.45, 2.75) is 83.0 Å². The minimum absolute atomic E-state index is 0.366. The molecule has 0 amide bonds. The van der Waals surface area contributed by atoms with Crippen molar-refractivity contribution in [3.8, 4) is 0 Å². The van der Waals surface area contributed by atoms with Gasteiger partial charge in [0.05, 0.1) is 16.1 Å². The van der Waals surface area contributed by atoms with E-state index in [1.54, 1.807) is 18.3 Å². The first kappa shape index (κ1) is 24.2. The second kappa shape index (κ2) is 12.0. The molecule has 1 aromatic heterocycles. The van der Waals surface area contributed by atoms with Crippen LogP contribution in [0.15, 0.2) is 59.6 Å². The van der Waals surface area contributed by atoms with E-state index in [9.17, 15) is 8.42 Å². The summed E-state index contributed by atoms with van der Waals surface area (Å²) in [6, 6.07) is 15.0. The normalized spacial score (nSPS) is 11.7. The molecule has 5 heteroatoms. The number of nitrogens with zero attached hydrogens (tertiary/aromatic N) is 1. The molecule has 0 bridgehead atoms. The van der Waals surface area contributed by atoms with Crippen molar-refractivity contribution < 1.29 is 8.42 Å². The number of rotatable bonds is 13. The van der Waals surface area contributed by atoms with Gasteiger partial charge in [-0.1, -0.05) is 82.6 Å². The van der Waals surface area contributed by atoms with Crippen LogP contribution in [0.3, 0.4) is 0 Å². The highest BCUT2D eigenvalue weighted by atomic mass is 32.2. The highest BCUT2D eigenvalue weighted by Crippen LogP contribution is 2.27. The van der Waals surface area contributed by atoms with E-state index in [-0.39, 0.29) is 0 Å². The molecule has 0 fully saturated rings. The largest absolute Gasteiger partial charge is 0.277 e. The van der Waals surface area contributed by atoms with Gasteiger partial charge >= 0.3 is 0 Å². The fraction of sp³-hybridized carbons (Fsp3) is 0.444. The van der Waals surface area contributed by atoms with Gasteiger partial charge in [0.2, 0.25) is 0 Å². The van der Waals surface area contributed by atoms with Crippen LogP contribution in [0.2, 0.25) is 0 Å². The van der Waals surface area contributed by atoms with Crippen LogP contribution in [0.1, 0.15) is 75.8 Å². The van der Waals surface area contributed by atoms with Crippen LogP contribution in [0, 0.1) is 6.92 Å². The summed E-state index contributed by atoms with van der Waals surface area (Å²) in [5, 5.41) is 0.924. The van der Waals surface area contributed by atoms with Gasteiger partial charge in [-0.25, -0.2) is 8.42 Å². The van der Waals surface area contributed by atoms with Crippen molar-refractivity contribution >= 4 is 26.6 Å². The number of fused-ring (bicyclic) bond motifs is 1. The molecular formula is C27H36N2O2S. The van der Waals surface area contributed by atoms with Crippen LogP contribution in [-0.2, 0) is 16.4 Å². The minimum atomic E-state index is -3.70. The number of anilines is 1. The second-order valence-corrected chi connectivity index (χ2v) is 10.3. The summed E-state index contributed by atoms with van der Waals surface area (Å²) in [6.45, 7) is 4.20. The number of pyridine rings is 1. The van der Waals surface area contributed by atoms with Crippen LogP contribution in [0.4, 0.5) is 5.69 Å². The lowest BCUT2D eigenvalue weighted by atomic mass is 10.0. The van der Waals surface area contributed by atoms with E-state index in [1.807, 2.05) is 43.3 Å². The lowest BCUT2D eigenvalue weighted by Gasteiger charge is -2.14. The highest BCUT2D eigenvalue weighted by molar-refractivity contribution is 7.92. The van der Waals surface area contributed by atoms with Gasteiger partial charge in [-0.2, -0.15) is 0 Å². The molecule has 0 unspecified atom stereocenters. The number of aryl methyl sites for hydroxylation is 2. The Hall–Kier alpha value is -2.40. The van der Waals surface area contributed by atoms with E-state index in [2.05, 4.69) is 16.6 Å². The molecule has 0 spiro atoms. The SMILES string of the molecule is CCCCCCCCCCCc1ccccc1S(=O)(=O)Nc1cc(C)cc2cccnc12. The molecule has 4 nitrogen and oxygen atoms in total. The zero-order chi connectivity index (χ0) is 22.8. The van der Waals surface area contributed by atoms with Gasteiger partial charge in [-0.3, -0.25) is 9.71 Å². The van der Waals surface area contributed by atoms with E-state index < -0.39 is 10.0 Å². The number of sulfonamides is 1. The Bertz CT molecular complexity index is 1110. The summed E-state index contributed by atoms with van der Waals surface area (Å²) >= 11 is 0. The molecule has 172 valence electrons. The number of benzene rings is 2. The van der Waals surface area contributed by atoms with Crippen LogP contribution >= 0.6 is 0 Å². The molecule has 3 aromatic rings. The van der Waals surface area contributed by atoms with Crippen molar-refractivity contribution in [1.29, 1.82) is 0 Å². The molecule has 0 aliphatic carbocycles. The molecule has 0 radical (unpaired) electrons. The third-order valence-electron chi connectivity index (χ3n) is 5.91. The molecule has 32 heavy (non-hydrogen) atoms. The summed E-state index contributed by atoms with van der Waals surface area (Å²) in [4.78, 5) is 4.76. The molecule has 1 heterocycles. The number of hydrogen-bond donors (Lipinski definition) is 1. The predicted octanol–water partition coefficient (Wildman–Crippen LogP) is 7.42. The van der Waals surface area contributed by atoms with Crippen LogP contribution in [-0.4, -0.2) is 13.4 Å². The Morgan fingerprint density at radius 1 is 0.844 bits per heavy atom. The van der Waals surface area contributed by atoms with E-state index >= 15 is 0 Å². The van der Waals surface area contributed by atoms with E-state index in [4.69, 9.17) is 0 Å². The Labute approximate surface area is 193 Å². The fourth-order valence-corrected chi connectivity index (χ4v) is 5.55. The molecule has 0 aliphatic rings. The van der Waals surface area contributed by atoms with Gasteiger partial charge in [-0.15, -0.1) is 0 Å². The first-order valence-electron chi connectivity index (χ1n) is 12.0. The Kier molecular flexibility index (Phi) is 9.10. The molecule has 2 aromatic carbocycles. The van der Waals surface area contributed by atoms with Crippen molar-refractivity contribution in [2.75, 3.05) is 4.72 Å². The number of aromatic nitrogens is 1. The first-order chi connectivity index (χ1) is 15.5. The number of unbranched alkanes of at least 4 members (excludes halogenated alkanes) is 8. The summed E-state index contributed by atoms with van der Waals surface area (Å²) in [5.41, 5.74) is 3.07. The van der Waals surface area contributed by atoms with E-state index in [1.165, 1.54) is 44.9 Å². The zero-order valence-electron chi connectivity index (χ0n) is 19.4. The lowest BCUT2D eigenvalue weighted by molar-refractivity contribution is 0.563. The van der Waals surface area contributed by atoms with Crippen molar-refractivity contribution in [1.82, 2.24) is 4.98 Å². The summed E-state index contributed by atoms with van der Waals surface area (Å²) in [6.07, 6.45) is 13.7. The summed E-state index contributed by atoms with van der Waals surface area (Å²) in [5.74, 6) is 0. The van der Waals surface area contributed by atoms with Gasteiger partial charge in [-0.05, 0) is 55.2 Å². The van der Waals surface area contributed by atoms with Gasteiger partial charge in [0.25, 0.3) is 10.0 Å². The topological polar surface area (TPSA) is 59.1 Å². The Balaban J connectivity index is 1.63. The van der Waals surface area contributed by atoms with Crippen molar-refractivity contribution in [3.63, 3.8) is 0 Å². The number of nitrogens with one attached hydrogen (secondary N) is 1. The molecule has 0 aliphatic heterocycles. The van der Waals surface area contributed by atoms with Gasteiger partial charge in [0.15, 0.2) is 0 Å². The first-order valence-corrected chi connectivity index (χ1v) is 13.5.